The van der Waals surface area contributed by atoms with Crippen molar-refractivity contribution in [1.29, 1.82) is 0 Å². The molecule has 1 aromatic heterocycles. The van der Waals surface area contributed by atoms with E-state index in [1.807, 2.05) is 38.1 Å². The number of nitrogens with one attached hydrogen (secondary N) is 4. The third-order valence-corrected chi connectivity index (χ3v) is 15.4. The molecule has 1 saturated heterocycles. The van der Waals surface area contributed by atoms with E-state index >= 15 is 0 Å². The molecule has 57 heavy (non-hydrogen) atoms. The molecular weight excluding hydrogens is 741 g/mol. The average Bonchev–Trinajstić information content (AvgIpc) is 3.65. The van der Waals surface area contributed by atoms with E-state index in [0.717, 1.165) is 31.1 Å². The van der Waals surface area contributed by atoms with Gasteiger partial charge < -0.3 is 35.7 Å². The minimum atomic E-state index is -1.89. The maximum atomic E-state index is 13.3. The van der Waals surface area contributed by atoms with Crippen LogP contribution in [0, 0.1) is 5.92 Å². The summed E-state index contributed by atoms with van der Waals surface area (Å²) in [6, 6.07) is 12.5. The van der Waals surface area contributed by atoms with Crippen LogP contribution in [0.5, 0.6) is 0 Å². The highest BCUT2D eigenvalue weighted by Gasteiger charge is 2.38. The zero-order chi connectivity index (χ0) is 41.9. The lowest BCUT2D eigenvalue weighted by molar-refractivity contribution is -0.140. The van der Waals surface area contributed by atoms with Crippen LogP contribution in [0.1, 0.15) is 92.6 Å². The summed E-state index contributed by atoms with van der Waals surface area (Å²) >= 11 is 0. The summed E-state index contributed by atoms with van der Waals surface area (Å²) in [7, 11) is -1.89. The van der Waals surface area contributed by atoms with Crippen molar-refractivity contribution >= 4 is 60.5 Å². The van der Waals surface area contributed by atoms with E-state index in [4.69, 9.17) is 19.9 Å². The summed E-state index contributed by atoms with van der Waals surface area (Å²) in [6.07, 6.45) is 4.40. The number of benzene rings is 2. The monoisotopic (exact) mass is 804 g/mol. The van der Waals surface area contributed by atoms with Gasteiger partial charge in [0, 0.05) is 30.3 Å². The maximum absolute atomic E-state index is 13.3. The lowest BCUT2D eigenvalue weighted by atomic mass is 10.0. The topological polar surface area (TPSA) is 190 Å². The number of fused-ring (bicyclic) bond motifs is 1. The van der Waals surface area contributed by atoms with E-state index in [1.54, 1.807) is 31.2 Å². The van der Waals surface area contributed by atoms with Gasteiger partial charge in [0.05, 0.1) is 11.6 Å². The molecule has 14 nitrogen and oxygen atoms in total. The molecule has 0 saturated carbocycles. The van der Waals surface area contributed by atoms with Crippen LogP contribution in [0.3, 0.4) is 0 Å². The van der Waals surface area contributed by atoms with Crippen molar-refractivity contribution in [3.8, 4) is 0 Å². The summed E-state index contributed by atoms with van der Waals surface area (Å²) < 4.78 is 12.0. The van der Waals surface area contributed by atoms with E-state index in [9.17, 15) is 19.2 Å². The smallest absolute Gasteiger partial charge is 0.414 e. The standard InChI is InChI=1S/C42H64N8O6Si/c1-10-11-15-30(23-25-56-57(8,9)42(5,6)7)44-36-32-16-12-13-17-33(32)46-40(48-36)49-41(54)55-26-29-19-21-31(22-20-29)45-38(52)35(27(2)3)47-37(51)34-18-14-24-50(34)39(53)28(4)43/h12-13,16-17,19-22,27-28,30,34-35H,10-11,14-15,18,23-26,43H2,1-9H3,(H,45,52)(H,47,51)(H2,44,46,48,49,54)/t28-,30+,34+,35+/m1/s1. The molecule has 312 valence electrons. The molecule has 0 spiro atoms. The molecule has 4 rings (SSSR count). The molecule has 4 amide bonds. The number of ether oxygens (including phenoxy) is 1. The Morgan fingerprint density at radius 3 is 2.33 bits per heavy atom. The molecule has 15 heteroatoms. The van der Waals surface area contributed by atoms with Crippen molar-refractivity contribution in [2.24, 2.45) is 11.7 Å². The molecule has 0 radical (unpaired) electrons. The van der Waals surface area contributed by atoms with Crippen molar-refractivity contribution in [1.82, 2.24) is 20.2 Å². The first kappa shape index (κ1) is 45.1. The second kappa shape index (κ2) is 20.2. The first-order valence-corrected chi connectivity index (χ1v) is 23.2. The number of carbonyl (C=O) groups excluding carboxylic acids is 4. The highest BCUT2D eigenvalue weighted by Crippen LogP contribution is 2.37. The van der Waals surface area contributed by atoms with Gasteiger partial charge in [-0.15, -0.1) is 0 Å². The molecule has 1 fully saturated rings. The fourth-order valence-corrected chi connectivity index (χ4v) is 7.44. The number of hydrogen-bond acceptors (Lipinski definition) is 10. The van der Waals surface area contributed by atoms with Gasteiger partial charge in [0.15, 0.2) is 8.32 Å². The number of hydrogen-bond donors (Lipinski definition) is 5. The number of nitrogens with two attached hydrogens (primary N) is 1. The zero-order valence-electron chi connectivity index (χ0n) is 35.2. The van der Waals surface area contributed by atoms with Gasteiger partial charge in [-0.3, -0.25) is 19.7 Å². The number of unbranched alkanes of at least 4 members (excludes halogenated alkanes) is 1. The Hall–Kier alpha value is -4.60. The number of amides is 4. The average molecular weight is 805 g/mol. The molecular formula is C42H64N8O6Si. The highest BCUT2D eigenvalue weighted by atomic mass is 28.4. The van der Waals surface area contributed by atoms with Gasteiger partial charge in [0.25, 0.3) is 0 Å². The fourth-order valence-electron chi connectivity index (χ4n) is 6.38. The number of carbonyl (C=O) groups is 4. The van der Waals surface area contributed by atoms with Crippen LogP contribution >= 0.6 is 0 Å². The fraction of sp³-hybridized carbons (Fsp3) is 0.571. The van der Waals surface area contributed by atoms with E-state index in [-0.39, 0.29) is 47.3 Å². The third-order valence-electron chi connectivity index (χ3n) is 10.9. The van der Waals surface area contributed by atoms with Crippen molar-refractivity contribution in [2.45, 2.75) is 136 Å². The minimum absolute atomic E-state index is 0.0330. The van der Waals surface area contributed by atoms with E-state index in [0.29, 0.717) is 48.6 Å². The molecule has 1 aliphatic rings. The normalized spacial score (nSPS) is 16.2. The van der Waals surface area contributed by atoms with Crippen molar-refractivity contribution in [3.05, 3.63) is 54.1 Å². The molecule has 0 bridgehead atoms. The zero-order valence-corrected chi connectivity index (χ0v) is 36.2. The summed E-state index contributed by atoms with van der Waals surface area (Å²) in [6.45, 7) is 19.8. The number of para-hydroxylation sites is 1. The Labute approximate surface area is 338 Å². The molecule has 0 aliphatic carbocycles. The molecule has 1 aliphatic heterocycles. The van der Waals surface area contributed by atoms with Crippen LogP contribution in [0.4, 0.5) is 22.2 Å². The van der Waals surface area contributed by atoms with Gasteiger partial charge in [0.1, 0.15) is 24.5 Å². The van der Waals surface area contributed by atoms with Crippen molar-refractivity contribution in [2.75, 3.05) is 29.1 Å². The number of anilines is 3. The van der Waals surface area contributed by atoms with Gasteiger partial charge in [-0.05, 0) is 86.5 Å². The molecule has 2 heterocycles. The number of nitrogens with zero attached hydrogens (tertiary/aromatic N) is 3. The number of likely N-dealkylation sites (tertiary alicyclic amines) is 1. The molecule has 4 atom stereocenters. The van der Waals surface area contributed by atoms with Gasteiger partial charge >= 0.3 is 6.09 Å². The molecule has 2 aromatic carbocycles. The second-order valence-electron chi connectivity index (χ2n) is 16.9. The predicted octanol–water partition coefficient (Wildman–Crippen LogP) is 7.18. The Kier molecular flexibility index (Phi) is 16.0. The van der Waals surface area contributed by atoms with Crippen molar-refractivity contribution in [3.63, 3.8) is 0 Å². The largest absolute Gasteiger partial charge is 0.444 e. The van der Waals surface area contributed by atoms with E-state index in [1.165, 1.54) is 4.90 Å². The van der Waals surface area contributed by atoms with Crippen LogP contribution in [-0.4, -0.2) is 84.3 Å². The van der Waals surface area contributed by atoms with Gasteiger partial charge in [-0.25, -0.2) is 9.78 Å². The Balaban J connectivity index is 1.35. The number of rotatable bonds is 18. The van der Waals surface area contributed by atoms with Crippen molar-refractivity contribution < 1.29 is 28.3 Å². The second-order valence-corrected chi connectivity index (χ2v) is 21.7. The Bertz CT molecular complexity index is 1830. The van der Waals surface area contributed by atoms with Gasteiger partial charge in [0.2, 0.25) is 23.7 Å². The van der Waals surface area contributed by atoms with Gasteiger partial charge in [-0.1, -0.05) is 78.6 Å². The first-order chi connectivity index (χ1) is 26.9. The third kappa shape index (κ3) is 12.7. The van der Waals surface area contributed by atoms with Gasteiger partial charge in [-0.2, -0.15) is 4.98 Å². The van der Waals surface area contributed by atoms with Crippen LogP contribution in [0.25, 0.3) is 10.9 Å². The summed E-state index contributed by atoms with van der Waals surface area (Å²) in [5.74, 6) is -0.496. The van der Waals surface area contributed by atoms with E-state index in [2.05, 4.69) is 67.0 Å². The molecule has 3 aromatic rings. The van der Waals surface area contributed by atoms with Crippen LogP contribution in [0.2, 0.25) is 18.1 Å². The van der Waals surface area contributed by atoms with Crippen LogP contribution in [-0.2, 0) is 30.2 Å². The summed E-state index contributed by atoms with van der Waals surface area (Å²) in [5, 5.41) is 13.0. The summed E-state index contributed by atoms with van der Waals surface area (Å²) in [4.78, 5) is 62.8. The molecule has 0 unspecified atom stereocenters. The minimum Gasteiger partial charge on any atom is -0.444 e. The highest BCUT2D eigenvalue weighted by molar-refractivity contribution is 6.74. The van der Waals surface area contributed by atoms with E-state index < -0.39 is 32.5 Å². The first-order valence-electron chi connectivity index (χ1n) is 20.3. The SMILES string of the molecule is CCCC[C@@H](CCO[Si](C)(C)C(C)(C)C)Nc1nc(NC(=O)OCc2ccc(NC(=O)[C@@H](NC(=O)[C@@H]3CCCN3C(=O)[C@@H](C)N)C(C)C)cc2)nc2ccccc12. The lowest BCUT2D eigenvalue weighted by Gasteiger charge is -2.36. The predicted molar refractivity (Wildman–Crippen MR) is 228 cm³/mol. The Morgan fingerprint density at radius 1 is 0.982 bits per heavy atom. The molecule has 6 N–H and O–H groups in total. The quantitative estimate of drug-likeness (QED) is 0.0824. The number of aromatic nitrogens is 2. The summed E-state index contributed by atoms with van der Waals surface area (Å²) in [5.41, 5.74) is 7.68. The van der Waals surface area contributed by atoms with Crippen LogP contribution in [0.15, 0.2) is 48.5 Å². The maximum Gasteiger partial charge on any atom is 0.414 e. The Morgan fingerprint density at radius 2 is 1.68 bits per heavy atom. The van der Waals surface area contributed by atoms with Crippen LogP contribution < -0.4 is 27.0 Å². The lowest BCUT2D eigenvalue weighted by Crippen LogP contribution is -2.55.